The standard InChI is InChI=1S/C17H16BrNO4/c1-20-14-4-3-5-15(10-14)22-6-7-23-17-12(11-19)8-13(18)9-16(17)21-2/h3-5,8-10H,6-7H2,1-2H3. The van der Waals surface area contributed by atoms with Crippen LogP contribution in [0.3, 0.4) is 0 Å². The average Bonchev–Trinajstić information content (AvgIpc) is 2.59. The Morgan fingerprint density at radius 3 is 2.43 bits per heavy atom. The molecule has 2 aromatic rings. The van der Waals surface area contributed by atoms with E-state index >= 15 is 0 Å². The largest absolute Gasteiger partial charge is 0.497 e. The van der Waals surface area contributed by atoms with Gasteiger partial charge in [0.2, 0.25) is 0 Å². The lowest BCUT2D eigenvalue weighted by Crippen LogP contribution is -2.10. The van der Waals surface area contributed by atoms with Crippen LogP contribution in [-0.2, 0) is 0 Å². The first-order valence-electron chi connectivity index (χ1n) is 6.85. The summed E-state index contributed by atoms with van der Waals surface area (Å²) in [5.41, 5.74) is 0.401. The fourth-order valence-electron chi connectivity index (χ4n) is 1.95. The summed E-state index contributed by atoms with van der Waals surface area (Å²) in [4.78, 5) is 0. The van der Waals surface area contributed by atoms with E-state index in [9.17, 15) is 5.26 Å². The van der Waals surface area contributed by atoms with Crippen LogP contribution in [0.2, 0.25) is 0 Å². The Labute approximate surface area is 143 Å². The fourth-order valence-corrected chi connectivity index (χ4v) is 2.38. The van der Waals surface area contributed by atoms with Gasteiger partial charge in [-0.1, -0.05) is 22.0 Å². The molecule has 0 saturated heterocycles. The minimum Gasteiger partial charge on any atom is -0.497 e. The molecule has 0 aliphatic rings. The van der Waals surface area contributed by atoms with Crippen LogP contribution >= 0.6 is 15.9 Å². The van der Waals surface area contributed by atoms with Gasteiger partial charge in [0, 0.05) is 10.5 Å². The topological polar surface area (TPSA) is 60.7 Å². The zero-order valence-corrected chi connectivity index (χ0v) is 14.4. The number of halogens is 1. The van der Waals surface area contributed by atoms with Gasteiger partial charge in [-0.15, -0.1) is 0 Å². The molecule has 0 radical (unpaired) electrons. The predicted octanol–water partition coefficient (Wildman–Crippen LogP) is 3.80. The van der Waals surface area contributed by atoms with Gasteiger partial charge >= 0.3 is 0 Å². The third-order valence-electron chi connectivity index (χ3n) is 3.00. The quantitative estimate of drug-likeness (QED) is 0.686. The van der Waals surface area contributed by atoms with Crippen LogP contribution in [0.25, 0.3) is 0 Å². The second-order valence-electron chi connectivity index (χ2n) is 4.47. The van der Waals surface area contributed by atoms with E-state index in [1.54, 1.807) is 25.3 Å². The monoisotopic (exact) mass is 377 g/mol. The molecule has 0 amide bonds. The van der Waals surface area contributed by atoms with Crippen molar-refractivity contribution in [2.45, 2.75) is 0 Å². The summed E-state index contributed by atoms with van der Waals surface area (Å²) in [7, 11) is 3.13. The van der Waals surface area contributed by atoms with Gasteiger partial charge in [-0.3, -0.25) is 0 Å². The maximum absolute atomic E-state index is 9.20. The number of rotatable bonds is 7. The average molecular weight is 378 g/mol. The molecule has 0 bridgehead atoms. The molecule has 0 aliphatic carbocycles. The summed E-state index contributed by atoms with van der Waals surface area (Å²) < 4.78 is 22.4. The van der Waals surface area contributed by atoms with E-state index in [2.05, 4.69) is 22.0 Å². The van der Waals surface area contributed by atoms with E-state index in [0.717, 1.165) is 10.2 Å². The lowest BCUT2D eigenvalue weighted by Gasteiger charge is -2.13. The number of ether oxygens (including phenoxy) is 4. The van der Waals surface area contributed by atoms with Crippen LogP contribution in [0, 0.1) is 11.3 Å². The Morgan fingerprint density at radius 1 is 1.00 bits per heavy atom. The number of nitrogens with zero attached hydrogens (tertiary/aromatic N) is 1. The second kappa shape index (κ2) is 8.30. The third-order valence-corrected chi connectivity index (χ3v) is 3.46. The molecule has 0 spiro atoms. The molecule has 0 aliphatic heterocycles. The zero-order chi connectivity index (χ0) is 16.7. The smallest absolute Gasteiger partial charge is 0.179 e. The van der Waals surface area contributed by atoms with E-state index in [-0.39, 0.29) is 6.61 Å². The first-order valence-corrected chi connectivity index (χ1v) is 7.64. The summed E-state index contributed by atoms with van der Waals surface area (Å²) in [5, 5.41) is 9.20. The SMILES string of the molecule is COc1cccc(OCCOc2c(C#N)cc(Br)cc2OC)c1. The number of hydrogen-bond donors (Lipinski definition) is 0. The lowest BCUT2D eigenvalue weighted by molar-refractivity contribution is 0.210. The highest BCUT2D eigenvalue weighted by molar-refractivity contribution is 9.10. The van der Waals surface area contributed by atoms with Crippen molar-refractivity contribution >= 4 is 15.9 Å². The van der Waals surface area contributed by atoms with Gasteiger partial charge in [0.1, 0.15) is 30.8 Å². The predicted molar refractivity (Wildman–Crippen MR) is 89.4 cm³/mol. The highest BCUT2D eigenvalue weighted by Crippen LogP contribution is 2.34. The number of nitriles is 1. The molecule has 0 N–H and O–H groups in total. The van der Waals surface area contributed by atoms with Gasteiger partial charge in [-0.25, -0.2) is 0 Å². The van der Waals surface area contributed by atoms with E-state index in [0.29, 0.717) is 29.4 Å². The van der Waals surface area contributed by atoms with Crippen molar-refractivity contribution in [3.05, 3.63) is 46.4 Å². The van der Waals surface area contributed by atoms with Crippen molar-refractivity contribution in [2.75, 3.05) is 27.4 Å². The van der Waals surface area contributed by atoms with Gasteiger partial charge in [0.25, 0.3) is 0 Å². The minimum atomic E-state index is 0.282. The third kappa shape index (κ3) is 4.54. The second-order valence-corrected chi connectivity index (χ2v) is 5.39. The van der Waals surface area contributed by atoms with Crippen molar-refractivity contribution in [3.63, 3.8) is 0 Å². The van der Waals surface area contributed by atoms with Crippen LogP contribution in [-0.4, -0.2) is 27.4 Å². The Kier molecular flexibility index (Phi) is 6.12. The highest BCUT2D eigenvalue weighted by atomic mass is 79.9. The first-order chi connectivity index (χ1) is 11.2. The Morgan fingerprint density at radius 2 is 1.74 bits per heavy atom. The summed E-state index contributed by atoms with van der Waals surface area (Å²) in [6.07, 6.45) is 0. The molecule has 2 rings (SSSR count). The van der Waals surface area contributed by atoms with Gasteiger partial charge in [0.15, 0.2) is 11.5 Å². The molecule has 0 fully saturated rings. The highest BCUT2D eigenvalue weighted by Gasteiger charge is 2.12. The summed E-state index contributed by atoms with van der Waals surface area (Å²) in [6, 6.07) is 12.8. The maximum Gasteiger partial charge on any atom is 0.179 e. The summed E-state index contributed by atoms with van der Waals surface area (Å²) in [5.74, 6) is 2.32. The number of benzene rings is 2. The number of hydrogen-bond acceptors (Lipinski definition) is 5. The Balaban J connectivity index is 1.97. The van der Waals surface area contributed by atoms with Crippen LogP contribution in [0.4, 0.5) is 0 Å². The van der Waals surface area contributed by atoms with Crippen molar-refractivity contribution < 1.29 is 18.9 Å². The molecule has 120 valence electrons. The van der Waals surface area contributed by atoms with Crippen molar-refractivity contribution in [3.8, 4) is 29.1 Å². The van der Waals surface area contributed by atoms with Crippen LogP contribution in [0.15, 0.2) is 40.9 Å². The van der Waals surface area contributed by atoms with Gasteiger partial charge in [-0.2, -0.15) is 5.26 Å². The molecule has 2 aromatic carbocycles. The molecule has 0 atom stereocenters. The molecule has 6 heteroatoms. The molecule has 23 heavy (non-hydrogen) atoms. The first kappa shape index (κ1) is 17.0. The molecule has 0 saturated carbocycles. The van der Waals surface area contributed by atoms with Crippen LogP contribution in [0.1, 0.15) is 5.56 Å². The molecule has 5 nitrogen and oxygen atoms in total. The Hall–Kier alpha value is -2.39. The van der Waals surface area contributed by atoms with Gasteiger partial charge in [0.05, 0.1) is 19.8 Å². The minimum absolute atomic E-state index is 0.282. The molecular formula is C17H16BrNO4. The van der Waals surface area contributed by atoms with Crippen molar-refractivity contribution in [1.82, 2.24) is 0 Å². The molecule has 0 aromatic heterocycles. The molecule has 0 heterocycles. The van der Waals surface area contributed by atoms with Crippen molar-refractivity contribution in [1.29, 1.82) is 5.26 Å². The molecular weight excluding hydrogens is 362 g/mol. The maximum atomic E-state index is 9.20. The van der Waals surface area contributed by atoms with Crippen molar-refractivity contribution in [2.24, 2.45) is 0 Å². The summed E-state index contributed by atoms with van der Waals surface area (Å²) >= 11 is 3.33. The lowest BCUT2D eigenvalue weighted by atomic mass is 10.2. The molecule has 0 unspecified atom stereocenters. The fraction of sp³-hybridized carbons (Fsp3) is 0.235. The van der Waals surface area contributed by atoms with E-state index in [4.69, 9.17) is 18.9 Å². The zero-order valence-electron chi connectivity index (χ0n) is 12.8. The van der Waals surface area contributed by atoms with Crippen LogP contribution in [0.5, 0.6) is 23.0 Å². The van der Waals surface area contributed by atoms with Crippen LogP contribution < -0.4 is 18.9 Å². The summed E-state index contributed by atoms with van der Waals surface area (Å²) in [6.45, 7) is 0.612. The van der Waals surface area contributed by atoms with E-state index in [1.807, 2.05) is 18.2 Å². The van der Waals surface area contributed by atoms with Gasteiger partial charge < -0.3 is 18.9 Å². The number of methoxy groups -OCH3 is 2. The van der Waals surface area contributed by atoms with Gasteiger partial charge in [-0.05, 0) is 24.3 Å². The Bertz CT molecular complexity index is 712. The van der Waals surface area contributed by atoms with E-state index < -0.39 is 0 Å². The van der Waals surface area contributed by atoms with E-state index in [1.165, 1.54) is 7.11 Å². The normalized spacial score (nSPS) is 9.83.